The minimum Gasteiger partial charge on any atom is -0.481 e. The van der Waals surface area contributed by atoms with Gasteiger partial charge in [-0.05, 0) is 31.7 Å². The van der Waals surface area contributed by atoms with Gasteiger partial charge in [-0.1, -0.05) is 20.8 Å². The number of fused-ring (bicyclic) bond motifs is 1. The van der Waals surface area contributed by atoms with E-state index in [2.05, 4.69) is 49.2 Å². The number of pyridine rings is 1. The van der Waals surface area contributed by atoms with Gasteiger partial charge in [-0.25, -0.2) is 4.98 Å². The Balaban J connectivity index is 2.64. The van der Waals surface area contributed by atoms with Crippen molar-refractivity contribution in [3.05, 3.63) is 18.0 Å². The second-order valence-corrected chi connectivity index (χ2v) is 7.51. The first-order chi connectivity index (χ1) is 9.68. The smallest absolute Gasteiger partial charge is 0.215 e. The maximum atomic E-state index is 6.11. The predicted molar refractivity (Wildman–Crippen MR) is 87.0 cm³/mol. The summed E-state index contributed by atoms with van der Waals surface area (Å²) in [6, 6.07) is 3.76. The molecule has 0 aliphatic heterocycles. The molecule has 0 aliphatic rings. The molecule has 4 nitrogen and oxygen atoms in total. The van der Waals surface area contributed by atoms with Crippen LogP contribution in [-0.4, -0.2) is 21.6 Å². The third-order valence-electron chi connectivity index (χ3n) is 3.45. The van der Waals surface area contributed by atoms with Crippen molar-refractivity contribution in [1.29, 1.82) is 0 Å². The first kappa shape index (κ1) is 16.1. The summed E-state index contributed by atoms with van der Waals surface area (Å²) in [4.78, 5) is 9.19. The van der Waals surface area contributed by atoms with E-state index in [0.717, 1.165) is 23.4 Å². The number of halogens is 1. The Bertz CT molecular complexity index is 641. The number of imidazole rings is 1. The molecule has 0 unspecified atom stereocenters. The minimum atomic E-state index is -0.128. The van der Waals surface area contributed by atoms with Crippen LogP contribution in [0.2, 0.25) is 0 Å². The molecule has 0 amide bonds. The zero-order valence-electron chi connectivity index (χ0n) is 13.7. The molecule has 0 saturated carbocycles. The molecule has 0 fully saturated rings. The monoisotopic (exact) mass is 309 g/mol. The van der Waals surface area contributed by atoms with Crippen molar-refractivity contribution in [3.63, 3.8) is 0 Å². The average Bonchev–Trinajstić information content (AvgIpc) is 2.73. The normalized spacial score (nSPS) is 12.9. The molecule has 0 aromatic carbocycles. The van der Waals surface area contributed by atoms with Crippen LogP contribution in [0.5, 0.6) is 5.88 Å². The number of nitrogens with zero attached hydrogens (tertiary/aromatic N) is 3. The third-order valence-corrected chi connectivity index (χ3v) is 3.68. The predicted octanol–water partition coefficient (Wildman–Crippen LogP) is 4.35. The lowest BCUT2D eigenvalue weighted by Gasteiger charge is -2.35. The maximum absolute atomic E-state index is 6.11. The molecule has 0 atom stereocenters. The Labute approximate surface area is 131 Å². The van der Waals surface area contributed by atoms with Crippen LogP contribution in [0.1, 0.15) is 46.9 Å². The fraction of sp³-hybridized carbons (Fsp3) is 0.625. The SMILES string of the molecule is COc1ccc2nc(CCl)n(C(C)(C)CC(C)(C)C)c2n1. The topological polar surface area (TPSA) is 39.9 Å². The lowest BCUT2D eigenvalue weighted by Crippen LogP contribution is -2.32. The van der Waals surface area contributed by atoms with Crippen LogP contribution in [0.25, 0.3) is 11.2 Å². The van der Waals surface area contributed by atoms with Gasteiger partial charge in [0.25, 0.3) is 0 Å². The van der Waals surface area contributed by atoms with Gasteiger partial charge in [-0.15, -0.1) is 11.6 Å². The summed E-state index contributed by atoms with van der Waals surface area (Å²) in [7, 11) is 1.62. The van der Waals surface area contributed by atoms with Crippen LogP contribution in [0.15, 0.2) is 12.1 Å². The van der Waals surface area contributed by atoms with E-state index in [4.69, 9.17) is 16.3 Å². The molecular weight excluding hydrogens is 286 g/mol. The molecule has 0 saturated heterocycles. The molecular formula is C16H24ClN3O. The van der Waals surface area contributed by atoms with Crippen molar-refractivity contribution in [3.8, 4) is 5.88 Å². The molecule has 5 heteroatoms. The zero-order valence-corrected chi connectivity index (χ0v) is 14.5. The van der Waals surface area contributed by atoms with E-state index in [1.807, 2.05) is 12.1 Å². The molecule has 116 valence electrons. The highest BCUT2D eigenvalue weighted by Gasteiger charge is 2.31. The van der Waals surface area contributed by atoms with E-state index in [1.165, 1.54) is 0 Å². The highest BCUT2D eigenvalue weighted by molar-refractivity contribution is 6.16. The van der Waals surface area contributed by atoms with Gasteiger partial charge in [-0.3, -0.25) is 0 Å². The Morgan fingerprint density at radius 3 is 2.33 bits per heavy atom. The third kappa shape index (κ3) is 3.31. The number of ether oxygens (including phenoxy) is 1. The Kier molecular flexibility index (Phi) is 4.20. The number of hydrogen-bond acceptors (Lipinski definition) is 3. The van der Waals surface area contributed by atoms with Gasteiger partial charge in [0.15, 0.2) is 5.65 Å². The maximum Gasteiger partial charge on any atom is 0.215 e. The molecule has 0 radical (unpaired) electrons. The summed E-state index contributed by atoms with van der Waals surface area (Å²) in [5.41, 5.74) is 1.76. The van der Waals surface area contributed by atoms with Crippen LogP contribution in [0.4, 0.5) is 0 Å². The molecule has 2 aromatic heterocycles. The summed E-state index contributed by atoms with van der Waals surface area (Å²) >= 11 is 6.11. The Morgan fingerprint density at radius 2 is 1.81 bits per heavy atom. The van der Waals surface area contributed by atoms with Gasteiger partial charge in [0, 0.05) is 11.6 Å². The first-order valence-electron chi connectivity index (χ1n) is 7.17. The van der Waals surface area contributed by atoms with E-state index in [-0.39, 0.29) is 11.0 Å². The van der Waals surface area contributed by atoms with Crippen molar-refractivity contribution < 1.29 is 4.74 Å². The lowest BCUT2D eigenvalue weighted by atomic mass is 9.81. The van der Waals surface area contributed by atoms with Crippen molar-refractivity contribution in [1.82, 2.24) is 14.5 Å². The largest absolute Gasteiger partial charge is 0.481 e. The standard InChI is InChI=1S/C16H24ClN3O/c1-15(2,3)10-16(4,5)20-12(9-17)18-11-7-8-13(21-6)19-14(11)20/h7-8H,9-10H2,1-6H3. The fourth-order valence-electron chi connectivity index (χ4n) is 3.20. The number of rotatable bonds is 4. The van der Waals surface area contributed by atoms with E-state index >= 15 is 0 Å². The second kappa shape index (κ2) is 5.48. The van der Waals surface area contributed by atoms with Gasteiger partial charge in [0.2, 0.25) is 5.88 Å². The molecule has 0 bridgehead atoms. The van der Waals surface area contributed by atoms with Crippen molar-refractivity contribution in [2.75, 3.05) is 7.11 Å². The first-order valence-corrected chi connectivity index (χ1v) is 7.70. The van der Waals surface area contributed by atoms with Gasteiger partial charge in [0.05, 0.1) is 13.0 Å². The minimum absolute atomic E-state index is 0.128. The molecule has 2 heterocycles. The summed E-state index contributed by atoms with van der Waals surface area (Å²) in [5.74, 6) is 1.81. The molecule has 0 N–H and O–H groups in total. The van der Waals surface area contributed by atoms with Gasteiger partial charge < -0.3 is 9.30 Å². The van der Waals surface area contributed by atoms with Crippen LogP contribution in [0.3, 0.4) is 0 Å². The number of alkyl halides is 1. The van der Waals surface area contributed by atoms with Gasteiger partial charge in [-0.2, -0.15) is 4.98 Å². The molecule has 0 aliphatic carbocycles. The Hall–Kier alpha value is -1.29. The summed E-state index contributed by atoms with van der Waals surface area (Å²) in [6.45, 7) is 11.1. The van der Waals surface area contributed by atoms with Crippen molar-refractivity contribution in [2.24, 2.45) is 5.41 Å². The molecule has 2 aromatic rings. The van der Waals surface area contributed by atoms with Gasteiger partial charge >= 0.3 is 0 Å². The van der Waals surface area contributed by atoms with E-state index in [0.29, 0.717) is 11.8 Å². The van der Waals surface area contributed by atoms with E-state index < -0.39 is 0 Å². The van der Waals surface area contributed by atoms with Crippen LogP contribution in [-0.2, 0) is 11.4 Å². The van der Waals surface area contributed by atoms with Gasteiger partial charge in [0.1, 0.15) is 11.3 Å². The van der Waals surface area contributed by atoms with E-state index in [9.17, 15) is 0 Å². The molecule has 21 heavy (non-hydrogen) atoms. The highest BCUT2D eigenvalue weighted by atomic mass is 35.5. The zero-order chi connectivity index (χ0) is 15.8. The number of aromatic nitrogens is 3. The Morgan fingerprint density at radius 1 is 1.14 bits per heavy atom. The number of methoxy groups -OCH3 is 1. The molecule has 0 spiro atoms. The number of hydrogen-bond donors (Lipinski definition) is 0. The van der Waals surface area contributed by atoms with Crippen LogP contribution >= 0.6 is 11.6 Å². The fourth-order valence-corrected chi connectivity index (χ4v) is 3.38. The highest BCUT2D eigenvalue weighted by Crippen LogP contribution is 2.35. The van der Waals surface area contributed by atoms with Crippen LogP contribution in [0, 0.1) is 5.41 Å². The van der Waals surface area contributed by atoms with Crippen molar-refractivity contribution in [2.45, 2.75) is 52.5 Å². The molecule has 2 rings (SSSR count). The van der Waals surface area contributed by atoms with E-state index in [1.54, 1.807) is 7.11 Å². The van der Waals surface area contributed by atoms with Crippen molar-refractivity contribution >= 4 is 22.8 Å². The average molecular weight is 310 g/mol. The lowest BCUT2D eigenvalue weighted by molar-refractivity contribution is 0.215. The summed E-state index contributed by atoms with van der Waals surface area (Å²) < 4.78 is 7.40. The summed E-state index contributed by atoms with van der Waals surface area (Å²) in [5, 5.41) is 0. The summed E-state index contributed by atoms with van der Waals surface area (Å²) in [6.07, 6.45) is 0.994. The van der Waals surface area contributed by atoms with Crippen LogP contribution < -0.4 is 4.74 Å². The second-order valence-electron chi connectivity index (χ2n) is 7.24. The quantitative estimate of drug-likeness (QED) is 0.788.